The first-order valence-corrected chi connectivity index (χ1v) is 9.08. The monoisotopic (exact) mass is 308 g/mol. The van der Waals surface area contributed by atoms with Gasteiger partial charge in [0, 0.05) is 35.0 Å². The van der Waals surface area contributed by atoms with Crippen LogP contribution in [-0.4, -0.2) is 27.8 Å². The summed E-state index contributed by atoms with van der Waals surface area (Å²) in [5.41, 5.74) is 2.91. The van der Waals surface area contributed by atoms with E-state index < -0.39 is 0 Å². The Morgan fingerprint density at radius 3 is 2.83 bits per heavy atom. The molecule has 120 valence electrons. The number of benzene rings is 1. The Morgan fingerprint density at radius 2 is 2.00 bits per heavy atom. The van der Waals surface area contributed by atoms with E-state index in [0.717, 1.165) is 12.8 Å². The quantitative estimate of drug-likeness (QED) is 0.797. The highest BCUT2D eigenvalue weighted by atomic mass is 16.1. The van der Waals surface area contributed by atoms with Crippen LogP contribution in [0.15, 0.2) is 24.3 Å². The number of para-hydroxylation sites is 1. The van der Waals surface area contributed by atoms with E-state index in [0.29, 0.717) is 23.8 Å². The highest BCUT2D eigenvalue weighted by Gasteiger charge is 2.80. The van der Waals surface area contributed by atoms with Crippen LogP contribution in [0.2, 0.25) is 0 Å². The zero-order valence-corrected chi connectivity index (χ0v) is 14.1. The van der Waals surface area contributed by atoms with Crippen LogP contribution in [0.4, 0.5) is 5.69 Å². The smallest absolute Gasteiger partial charge is 0.138 e. The average molecular weight is 308 g/mol. The summed E-state index contributed by atoms with van der Waals surface area (Å²) in [6.45, 7) is 7.06. The predicted octanol–water partition coefficient (Wildman–Crippen LogP) is 3.37. The number of nitrogens with one attached hydrogen (secondary N) is 1. The van der Waals surface area contributed by atoms with Crippen molar-refractivity contribution in [2.45, 2.75) is 63.2 Å². The summed E-state index contributed by atoms with van der Waals surface area (Å²) in [5.74, 6) is 1.41. The largest absolute Gasteiger partial charge is 0.377 e. The minimum Gasteiger partial charge on any atom is -0.377 e. The summed E-state index contributed by atoms with van der Waals surface area (Å²) < 4.78 is 0. The molecule has 3 heteroatoms. The van der Waals surface area contributed by atoms with Gasteiger partial charge in [0.1, 0.15) is 5.78 Å². The lowest BCUT2D eigenvalue weighted by Crippen LogP contribution is -2.72. The molecule has 3 heterocycles. The minimum absolute atomic E-state index is 0.0223. The predicted molar refractivity (Wildman–Crippen MR) is 89.2 cm³/mol. The summed E-state index contributed by atoms with van der Waals surface area (Å²) in [6, 6.07) is 9.92. The number of nitrogens with zero attached hydrogens (tertiary/aromatic N) is 1. The van der Waals surface area contributed by atoms with Crippen LogP contribution in [0.1, 0.15) is 51.6 Å². The highest BCUT2D eigenvalue weighted by molar-refractivity contribution is 5.86. The minimum atomic E-state index is -0.0223. The summed E-state index contributed by atoms with van der Waals surface area (Å²) in [4.78, 5) is 15.7. The summed E-state index contributed by atoms with van der Waals surface area (Å²) >= 11 is 0. The van der Waals surface area contributed by atoms with E-state index in [9.17, 15) is 4.79 Å². The number of carbonyl (C=O) groups is 1. The second-order valence-corrected chi connectivity index (χ2v) is 9.37. The topological polar surface area (TPSA) is 32.3 Å². The molecule has 0 radical (unpaired) electrons. The molecule has 3 nitrogen and oxygen atoms in total. The third-order valence-electron chi connectivity index (χ3n) is 8.49. The van der Waals surface area contributed by atoms with Crippen molar-refractivity contribution in [3.05, 3.63) is 29.8 Å². The molecule has 1 spiro atoms. The molecule has 2 aliphatic carbocycles. The van der Waals surface area contributed by atoms with Gasteiger partial charge in [-0.25, -0.2) is 0 Å². The molecular weight excluding hydrogens is 284 g/mol. The molecule has 6 rings (SSSR count). The summed E-state index contributed by atoms with van der Waals surface area (Å²) in [7, 11) is 0. The molecule has 4 bridgehead atoms. The van der Waals surface area contributed by atoms with Gasteiger partial charge in [-0.05, 0) is 44.2 Å². The summed E-state index contributed by atoms with van der Waals surface area (Å²) in [6.07, 6.45) is 3.08. The van der Waals surface area contributed by atoms with Crippen molar-refractivity contribution in [1.82, 2.24) is 4.90 Å². The molecule has 0 amide bonds. The van der Waals surface area contributed by atoms with E-state index in [2.05, 4.69) is 55.3 Å². The molecule has 1 N–H and O–H groups in total. The van der Waals surface area contributed by atoms with Gasteiger partial charge in [-0.3, -0.25) is 9.69 Å². The number of carbonyl (C=O) groups excluding carboxylic acids is 1. The Morgan fingerprint density at radius 1 is 1.22 bits per heavy atom. The normalized spacial score (nSPS) is 50.8. The van der Waals surface area contributed by atoms with Crippen LogP contribution in [-0.2, 0) is 4.79 Å². The van der Waals surface area contributed by atoms with Gasteiger partial charge >= 0.3 is 0 Å². The second kappa shape index (κ2) is 3.37. The third kappa shape index (κ3) is 1.08. The number of rotatable bonds is 0. The van der Waals surface area contributed by atoms with Crippen LogP contribution < -0.4 is 5.32 Å². The number of Topliss-reactive ketones (excluding diaryl/α,β-unsaturated/α-hetero) is 1. The zero-order chi connectivity index (χ0) is 15.8. The Balaban J connectivity index is 1.67. The van der Waals surface area contributed by atoms with E-state index in [1.54, 1.807) is 0 Å². The molecule has 23 heavy (non-hydrogen) atoms. The van der Waals surface area contributed by atoms with Gasteiger partial charge in [-0.1, -0.05) is 25.1 Å². The van der Waals surface area contributed by atoms with Gasteiger partial charge in [0.15, 0.2) is 0 Å². The van der Waals surface area contributed by atoms with E-state index in [1.165, 1.54) is 17.7 Å². The van der Waals surface area contributed by atoms with E-state index in [-0.39, 0.29) is 22.4 Å². The Labute approximate surface area is 137 Å². The fraction of sp³-hybridized carbons (Fsp3) is 0.650. The van der Waals surface area contributed by atoms with Crippen molar-refractivity contribution in [3.8, 4) is 0 Å². The molecule has 3 aliphatic heterocycles. The number of fused-ring (bicyclic) bond motifs is 4. The number of ketones is 1. The van der Waals surface area contributed by atoms with Gasteiger partial charge in [0.25, 0.3) is 0 Å². The van der Waals surface area contributed by atoms with Crippen LogP contribution in [0.3, 0.4) is 0 Å². The fourth-order valence-corrected chi connectivity index (χ4v) is 7.57. The lowest BCUT2D eigenvalue weighted by molar-refractivity contribution is -0.175. The molecule has 0 unspecified atom stereocenters. The fourth-order valence-electron chi connectivity index (χ4n) is 7.57. The number of piperidine rings is 2. The maximum absolute atomic E-state index is 13.0. The third-order valence-corrected chi connectivity index (χ3v) is 8.49. The Bertz CT molecular complexity index is 771. The maximum atomic E-state index is 13.0. The number of hydrogen-bond acceptors (Lipinski definition) is 3. The maximum Gasteiger partial charge on any atom is 0.138 e. The molecule has 2 saturated carbocycles. The van der Waals surface area contributed by atoms with Crippen molar-refractivity contribution in [2.24, 2.45) is 17.3 Å². The SMILES string of the molecule is CC1(C)[C@@H]2C[C@@H]3[C@H]4C[C@@]5(Nc6ccccc6[C@@H]5N41)[C@@]3(C)CC2=O. The molecular formula is C20H24N2O. The van der Waals surface area contributed by atoms with Gasteiger partial charge < -0.3 is 5.32 Å². The van der Waals surface area contributed by atoms with Crippen molar-refractivity contribution in [1.29, 1.82) is 0 Å². The van der Waals surface area contributed by atoms with Crippen LogP contribution in [0, 0.1) is 17.3 Å². The van der Waals surface area contributed by atoms with E-state index >= 15 is 0 Å². The molecule has 4 fully saturated rings. The molecule has 1 aromatic carbocycles. The first-order chi connectivity index (χ1) is 10.9. The van der Waals surface area contributed by atoms with Crippen LogP contribution in [0.5, 0.6) is 0 Å². The van der Waals surface area contributed by atoms with Crippen LogP contribution in [0.25, 0.3) is 0 Å². The molecule has 5 aliphatic rings. The van der Waals surface area contributed by atoms with Crippen LogP contribution >= 0.6 is 0 Å². The van der Waals surface area contributed by atoms with Crippen molar-refractivity contribution in [2.75, 3.05) is 5.32 Å². The number of anilines is 1. The Hall–Kier alpha value is -1.35. The van der Waals surface area contributed by atoms with Gasteiger partial charge in [0.05, 0.1) is 11.6 Å². The van der Waals surface area contributed by atoms with Crippen molar-refractivity contribution >= 4 is 11.5 Å². The average Bonchev–Trinajstić information content (AvgIpc) is 3.06. The van der Waals surface area contributed by atoms with Crippen molar-refractivity contribution < 1.29 is 4.79 Å². The lowest BCUT2D eigenvalue weighted by atomic mass is 9.50. The zero-order valence-electron chi connectivity index (χ0n) is 14.1. The van der Waals surface area contributed by atoms with Gasteiger partial charge in [-0.15, -0.1) is 0 Å². The Kier molecular flexibility index (Phi) is 1.90. The number of hydrogen-bond donors (Lipinski definition) is 1. The molecule has 1 aromatic rings. The first kappa shape index (κ1) is 13.0. The molecule has 2 saturated heterocycles. The second-order valence-electron chi connectivity index (χ2n) is 9.37. The van der Waals surface area contributed by atoms with E-state index in [1.807, 2.05) is 0 Å². The van der Waals surface area contributed by atoms with Crippen molar-refractivity contribution in [3.63, 3.8) is 0 Å². The first-order valence-electron chi connectivity index (χ1n) is 9.08. The standard InChI is InChI=1S/C20H24N2O/c1-18(2)13-8-12-15-9-20(19(12,3)10-16(13)23)17(22(15)18)11-6-4-5-7-14(11)21-20/h4-7,12-13,15,17,21H,8-10H2,1-3H3/t12-,13-,15-,17+,19+,20+/m1/s1. The van der Waals surface area contributed by atoms with Gasteiger partial charge in [0.2, 0.25) is 0 Å². The summed E-state index contributed by atoms with van der Waals surface area (Å²) in [5, 5.41) is 3.96. The molecule has 6 atom stereocenters. The molecule has 0 aromatic heterocycles. The highest BCUT2D eigenvalue weighted by Crippen LogP contribution is 2.76. The lowest BCUT2D eigenvalue weighted by Gasteiger charge is -2.65. The van der Waals surface area contributed by atoms with E-state index in [4.69, 9.17) is 0 Å². The van der Waals surface area contributed by atoms with Gasteiger partial charge in [-0.2, -0.15) is 0 Å².